The highest BCUT2D eigenvalue weighted by Gasteiger charge is 2.57. The molecule has 0 saturated carbocycles. The van der Waals surface area contributed by atoms with Gasteiger partial charge in [-0.25, -0.2) is 4.79 Å². The van der Waals surface area contributed by atoms with Crippen LogP contribution >= 0.6 is 0 Å². The van der Waals surface area contributed by atoms with Gasteiger partial charge in [0, 0.05) is 40.3 Å². The topological polar surface area (TPSA) is 422 Å². The Kier molecular flexibility index (Phi) is 20.6. The summed E-state index contributed by atoms with van der Waals surface area (Å²) in [5.41, 5.74) is 28.4. The SMILES string of the molecule is CO[C@H]1OC(CO)[C@@H](O[C@H]2OC(OC=O)[C@@H](OC3OC(CO)[C@@H](OC4O[C@@H](C(=O)O)[C@@H](O[C@H]5O[C@@H](CO)[C@@H](C)[C@H](C)C5N=[N+]=[N-])[C@H](C)[C@@H]4OC4CCCCO4)[C@H](O)[C@@H]3N=[N+]=[N-])[C@H](C)C2O)[C@H](C)C1N=[N+]=[N-]. The van der Waals surface area contributed by atoms with Crippen LogP contribution in [0.5, 0.6) is 0 Å². The van der Waals surface area contributed by atoms with E-state index in [4.69, 9.17) is 61.6 Å². The van der Waals surface area contributed by atoms with Crippen molar-refractivity contribution >= 4 is 12.4 Å². The molecule has 6 N–H and O–H groups in total. The number of aliphatic hydroxyl groups excluding tert-OH is 5. The molecule has 30 heteroatoms. The van der Waals surface area contributed by atoms with Crippen molar-refractivity contribution in [3.05, 3.63) is 31.3 Å². The predicted molar refractivity (Wildman–Crippen MR) is 231 cm³/mol. The quantitative estimate of drug-likeness (QED) is 0.0426. The first-order valence-electron chi connectivity index (χ1n) is 23.4. The van der Waals surface area contributed by atoms with Crippen LogP contribution in [0, 0.1) is 29.6 Å². The second-order valence-corrected chi connectivity index (χ2v) is 18.4. The summed E-state index contributed by atoms with van der Waals surface area (Å²) in [6, 6.07) is -3.61. The van der Waals surface area contributed by atoms with Crippen LogP contribution in [0.2, 0.25) is 0 Å². The number of methoxy groups -OCH3 is 1. The largest absolute Gasteiger partial charge is 0.479 e. The van der Waals surface area contributed by atoms with E-state index in [1.165, 1.54) is 14.0 Å². The number of aliphatic carboxylic acids is 1. The van der Waals surface area contributed by atoms with Crippen molar-refractivity contribution in [1.29, 1.82) is 0 Å². The van der Waals surface area contributed by atoms with E-state index in [2.05, 4.69) is 30.1 Å². The van der Waals surface area contributed by atoms with E-state index >= 15 is 0 Å². The first-order chi connectivity index (χ1) is 34.1. The number of hydrogen-bond donors (Lipinski definition) is 6. The third-order valence-corrected chi connectivity index (χ3v) is 14.3. The number of aliphatic hydroxyl groups is 5. The predicted octanol–water partition coefficient (Wildman–Crippen LogP) is 0.841. The molecule has 0 aromatic heterocycles. The fraction of sp³-hybridized carbons (Fsp3) is 0.951. The standard InChI is InChI=1S/C41H65N9O21/c1-15-16(2)24(45-48-42)37(62-20(15)11-51)67-30-19(5)32(65-23-9-7-8-10-60-23)41(70-34(30)35(57)58)69-33-22(13-53)64-38(26(28(33)56)47-50-44)68-31-18(4)27(55)39(71-40(31)61-14-54)66-29-17(3)25(46-49-43)36(59-6)63-21(29)12-52/h14-34,36-41,51-53,55-56H,7-13H2,1-6H3,(H,57,58)/t15-,16-,17+,18+,19-,20-,21?,22?,23?,24?,25?,26-,27?,28+,29-,30-,31-,32-,33+,34+,36-,37+,38?,39-,40?,41?/m0/s1. The van der Waals surface area contributed by atoms with E-state index in [9.17, 15) is 56.8 Å². The maximum Gasteiger partial charge on any atom is 0.335 e. The second-order valence-electron chi connectivity index (χ2n) is 18.4. The van der Waals surface area contributed by atoms with Crippen LogP contribution in [0.25, 0.3) is 31.3 Å². The fourth-order valence-electron chi connectivity index (χ4n) is 9.97. The molecule has 71 heavy (non-hydrogen) atoms. The minimum atomic E-state index is -1.92. The van der Waals surface area contributed by atoms with Crippen molar-refractivity contribution in [1.82, 2.24) is 0 Å². The third-order valence-electron chi connectivity index (χ3n) is 14.3. The van der Waals surface area contributed by atoms with E-state index in [-0.39, 0.29) is 18.3 Å². The summed E-state index contributed by atoms with van der Waals surface area (Å²) in [6.07, 6.45) is -23.6. The summed E-state index contributed by atoms with van der Waals surface area (Å²) < 4.78 is 77.8. The van der Waals surface area contributed by atoms with Crippen molar-refractivity contribution in [2.75, 3.05) is 33.5 Å². The van der Waals surface area contributed by atoms with Gasteiger partial charge in [0.2, 0.25) is 6.29 Å². The number of nitrogens with zero attached hydrogens (tertiary/aromatic N) is 9. The van der Waals surface area contributed by atoms with Gasteiger partial charge in [-0.15, -0.1) is 0 Å². The Balaban J connectivity index is 1.23. The lowest BCUT2D eigenvalue weighted by atomic mass is 9.82. The van der Waals surface area contributed by atoms with Gasteiger partial charge < -0.3 is 92.2 Å². The van der Waals surface area contributed by atoms with E-state index in [0.717, 1.165) is 12.8 Å². The summed E-state index contributed by atoms with van der Waals surface area (Å²) in [5, 5.41) is 76.6. The van der Waals surface area contributed by atoms with Crippen molar-refractivity contribution in [3.8, 4) is 0 Å². The molecule has 0 radical (unpaired) electrons. The minimum Gasteiger partial charge on any atom is -0.479 e. The zero-order valence-electron chi connectivity index (χ0n) is 39.9. The highest BCUT2D eigenvalue weighted by atomic mass is 16.8. The van der Waals surface area contributed by atoms with Gasteiger partial charge in [-0.3, -0.25) is 4.79 Å². The molecule has 0 spiro atoms. The lowest BCUT2D eigenvalue weighted by molar-refractivity contribution is -0.389. The molecule has 0 aromatic carbocycles. The number of carbonyl (C=O) groups excluding carboxylic acids is 1. The molecule has 6 aliphatic heterocycles. The summed E-state index contributed by atoms with van der Waals surface area (Å²) in [6.45, 7) is 6.79. The molecule has 6 saturated heterocycles. The molecule has 9 unspecified atom stereocenters. The Bertz CT molecular complexity index is 1900. The van der Waals surface area contributed by atoms with E-state index in [1.807, 2.05) is 0 Å². The molecule has 6 rings (SSSR count). The molecular weight excluding hydrogens is 954 g/mol. The number of carbonyl (C=O) groups is 2. The van der Waals surface area contributed by atoms with E-state index in [1.54, 1.807) is 27.7 Å². The van der Waals surface area contributed by atoms with E-state index < -0.39 is 173 Å². The Morgan fingerprint density at radius 2 is 1.14 bits per heavy atom. The Morgan fingerprint density at radius 3 is 1.73 bits per heavy atom. The number of hydrogen-bond acceptors (Lipinski definition) is 23. The molecular formula is C41H65N9O21. The van der Waals surface area contributed by atoms with Crippen LogP contribution in [0.3, 0.4) is 0 Å². The first kappa shape index (κ1) is 56.5. The van der Waals surface area contributed by atoms with Crippen LogP contribution in [0.1, 0.15) is 53.9 Å². The van der Waals surface area contributed by atoms with Crippen molar-refractivity contribution in [3.63, 3.8) is 0 Å². The maximum absolute atomic E-state index is 13.1. The van der Waals surface area contributed by atoms with Gasteiger partial charge >= 0.3 is 5.97 Å². The molecule has 0 aliphatic carbocycles. The number of rotatable bonds is 20. The summed E-state index contributed by atoms with van der Waals surface area (Å²) >= 11 is 0. The zero-order valence-corrected chi connectivity index (χ0v) is 39.9. The lowest BCUT2D eigenvalue weighted by Crippen LogP contribution is -2.66. The molecule has 26 atom stereocenters. The van der Waals surface area contributed by atoms with Crippen molar-refractivity contribution in [2.45, 2.75) is 183 Å². The molecule has 6 aliphatic rings. The molecule has 6 heterocycles. The average Bonchev–Trinajstić information content (AvgIpc) is 3.36. The van der Waals surface area contributed by atoms with Gasteiger partial charge in [0.25, 0.3) is 6.47 Å². The maximum atomic E-state index is 13.1. The number of ether oxygens (including phenoxy) is 13. The summed E-state index contributed by atoms with van der Waals surface area (Å²) in [5.74, 6) is -4.91. The number of carboxylic acids is 1. The van der Waals surface area contributed by atoms with Crippen LogP contribution < -0.4 is 0 Å². The van der Waals surface area contributed by atoms with Crippen molar-refractivity contribution in [2.24, 2.45) is 44.9 Å². The molecule has 30 nitrogen and oxygen atoms in total. The molecule has 6 fully saturated rings. The average molecular weight is 1020 g/mol. The molecule has 0 aromatic rings. The minimum absolute atomic E-state index is 0.0315. The summed E-state index contributed by atoms with van der Waals surface area (Å²) in [7, 11) is 1.32. The Morgan fingerprint density at radius 1 is 0.592 bits per heavy atom. The van der Waals surface area contributed by atoms with Crippen LogP contribution in [-0.2, 0) is 71.2 Å². The third kappa shape index (κ3) is 12.4. The number of carboxylic acid groups (broad SMARTS) is 1. The molecule has 400 valence electrons. The Hall–Kier alpha value is -3.81. The van der Waals surface area contributed by atoms with Gasteiger partial charge in [0.05, 0.1) is 50.2 Å². The number of azide groups is 3. The smallest absolute Gasteiger partial charge is 0.335 e. The monoisotopic (exact) mass is 1020 g/mol. The summed E-state index contributed by atoms with van der Waals surface area (Å²) in [4.78, 5) is 33.6. The zero-order chi connectivity index (χ0) is 51.7. The molecule has 0 bridgehead atoms. The molecule has 0 amide bonds. The van der Waals surface area contributed by atoms with Crippen LogP contribution in [0.15, 0.2) is 15.3 Å². The van der Waals surface area contributed by atoms with Gasteiger partial charge in [-0.1, -0.05) is 50.0 Å². The highest BCUT2D eigenvalue weighted by molar-refractivity contribution is 5.73. The lowest BCUT2D eigenvalue weighted by Gasteiger charge is -2.51. The van der Waals surface area contributed by atoms with Gasteiger partial charge in [-0.05, 0) is 53.6 Å². The van der Waals surface area contributed by atoms with Crippen molar-refractivity contribution < 1.29 is 102 Å². The first-order valence-corrected chi connectivity index (χ1v) is 23.4. The highest BCUT2D eigenvalue weighted by Crippen LogP contribution is 2.42. The normalized spacial score (nSPS) is 46.1. The van der Waals surface area contributed by atoms with Gasteiger partial charge in [0.15, 0.2) is 43.8 Å². The fourth-order valence-corrected chi connectivity index (χ4v) is 9.97. The van der Waals surface area contributed by atoms with E-state index in [0.29, 0.717) is 13.0 Å². The van der Waals surface area contributed by atoms with Gasteiger partial charge in [-0.2, -0.15) is 0 Å². The Labute approximate surface area is 406 Å². The van der Waals surface area contributed by atoms with Gasteiger partial charge in [0.1, 0.15) is 48.8 Å². The second kappa shape index (κ2) is 25.9. The van der Waals surface area contributed by atoms with Crippen LogP contribution in [-0.4, -0.2) is 206 Å². The van der Waals surface area contributed by atoms with Crippen LogP contribution in [0.4, 0.5) is 0 Å².